The Bertz CT molecular complexity index is 674. The largest absolute Gasteiger partial charge is 0.465 e. The predicted octanol–water partition coefficient (Wildman–Crippen LogP) is 2.24. The summed E-state index contributed by atoms with van der Waals surface area (Å²) in [4.78, 5) is 2.38. The number of fused-ring (bicyclic) bond motifs is 1. The first-order valence-electron chi connectivity index (χ1n) is 8.43. The minimum atomic E-state index is 0.327. The fourth-order valence-corrected chi connectivity index (χ4v) is 3.40. The molecule has 1 fully saturated rings. The smallest absolute Gasteiger partial charge is 0.118 e. The number of aromatic nitrogens is 3. The van der Waals surface area contributed by atoms with Crippen molar-refractivity contribution in [1.29, 1.82) is 0 Å². The Morgan fingerprint density at radius 3 is 2.91 bits per heavy atom. The zero-order valence-corrected chi connectivity index (χ0v) is 13.9. The number of rotatable bonds is 6. The van der Waals surface area contributed by atoms with Crippen molar-refractivity contribution in [2.45, 2.75) is 38.8 Å². The van der Waals surface area contributed by atoms with E-state index in [2.05, 4.69) is 21.3 Å². The Morgan fingerprint density at radius 1 is 1.30 bits per heavy atom. The van der Waals surface area contributed by atoms with Gasteiger partial charge in [-0.05, 0) is 37.8 Å². The monoisotopic (exact) mass is 316 g/mol. The predicted molar refractivity (Wildman–Crippen MR) is 84.8 cm³/mol. The van der Waals surface area contributed by atoms with Gasteiger partial charge in [-0.2, -0.15) is 0 Å². The molecule has 4 rings (SSSR count). The highest BCUT2D eigenvalue weighted by molar-refractivity contribution is 5.20. The van der Waals surface area contributed by atoms with E-state index < -0.39 is 0 Å². The van der Waals surface area contributed by atoms with Crippen LogP contribution in [0.5, 0.6) is 0 Å². The Labute approximate surface area is 136 Å². The SMILES string of the molecule is Cc1ccc(CN2Cc3nnn(C)c3[C@H](COCC3CC3)C2)o1. The number of nitrogens with zero attached hydrogens (tertiary/aromatic N) is 4. The van der Waals surface area contributed by atoms with Gasteiger partial charge in [0.15, 0.2) is 0 Å². The molecule has 0 radical (unpaired) electrons. The van der Waals surface area contributed by atoms with Crippen LogP contribution < -0.4 is 0 Å². The molecule has 6 heteroatoms. The van der Waals surface area contributed by atoms with Crippen LogP contribution in [0.15, 0.2) is 16.5 Å². The van der Waals surface area contributed by atoms with Crippen LogP contribution >= 0.6 is 0 Å². The molecule has 1 atom stereocenters. The van der Waals surface area contributed by atoms with E-state index in [0.717, 1.165) is 56.0 Å². The maximum Gasteiger partial charge on any atom is 0.118 e. The molecule has 0 N–H and O–H groups in total. The highest BCUT2D eigenvalue weighted by Gasteiger charge is 2.31. The molecule has 0 amide bonds. The number of furan rings is 1. The fourth-order valence-electron chi connectivity index (χ4n) is 3.40. The van der Waals surface area contributed by atoms with Crippen LogP contribution in [0.4, 0.5) is 0 Å². The van der Waals surface area contributed by atoms with Crippen LogP contribution in [0.3, 0.4) is 0 Å². The van der Waals surface area contributed by atoms with Crippen molar-refractivity contribution in [3.63, 3.8) is 0 Å². The minimum absolute atomic E-state index is 0.327. The number of ether oxygens (including phenoxy) is 1. The van der Waals surface area contributed by atoms with E-state index in [0.29, 0.717) is 5.92 Å². The summed E-state index contributed by atoms with van der Waals surface area (Å²) in [6.07, 6.45) is 2.65. The van der Waals surface area contributed by atoms with E-state index in [1.807, 2.05) is 24.7 Å². The molecular weight excluding hydrogens is 292 g/mol. The zero-order chi connectivity index (χ0) is 15.8. The van der Waals surface area contributed by atoms with Crippen molar-refractivity contribution >= 4 is 0 Å². The molecular formula is C17H24N4O2. The van der Waals surface area contributed by atoms with E-state index in [4.69, 9.17) is 9.15 Å². The summed E-state index contributed by atoms with van der Waals surface area (Å²) in [6, 6.07) is 4.07. The van der Waals surface area contributed by atoms with Gasteiger partial charge in [-0.1, -0.05) is 5.21 Å². The highest BCUT2D eigenvalue weighted by atomic mass is 16.5. The van der Waals surface area contributed by atoms with Crippen molar-refractivity contribution in [1.82, 2.24) is 19.9 Å². The molecule has 3 heterocycles. The van der Waals surface area contributed by atoms with Gasteiger partial charge in [0.1, 0.15) is 17.2 Å². The van der Waals surface area contributed by atoms with Crippen molar-refractivity contribution in [2.75, 3.05) is 19.8 Å². The molecule has 6 nitrogen and oxygen atoms in total. The van der Waals surface area contributed by atoms with Crippen LogP contribution in [0, 0.1) is 12.8 Å². The van der Waals surface area contributed by atoms with E-state index in [9.17, 15) is 0 Å². The Hall–Kier alpha value is -1.66. The summed E-state index contributed by atoms with van der Waals surface area (Å²) >= 11 is 0. The van der Waals surface area contributed by atoms with Gasteiger partial charge < -0.3 is 9.15 Å². The second kappa shape index (κ2) is 6.09. The van der Waals surface area contributed by atoms with Gasteiger partial charge in [-0.3, -0.25) is 9.58 Å². The number of hydrogen-bond donors (Lipinski definition) is 0. The zero-order valence-electron chi connectivity index (χ0n) is 13.9. The molecule has 0 bridgehead atoms. The van der Waals surface area contributed by atoms with Crippen LogP contribution in [-0.4, -0.2) is 39.7 Å². The standard InChI is InChI=1S/C17H24N4O2/c1-12-3-6-15(23-12)8-21-7-14(11-22-10-13-4-5-13)17-16(9-21)18-19-20(17)2/h3,6,13-14H,4-5,7-11H2,1-2H3/t14-/m0/s1. The normalized spacial score (nSPS) is 21.6. The van der Waals surface area contributed by atoms with Gasteiger partial charge in [0.2, 0.25) is 0 Å². The third kappa shape index (κ3) is 3.33. The third-order valence-electron chi connectivity index (χ3n) is 4.73. The molecule has 0 spiro atoms. The maximum atomic E-state index is 5.96. The lowest BCUT2D eigenvalue weighted by molar-refractivity contribution is 0.0849. The molecule has 23 heavy (non-hydrogen) atoms. The van der Waals surface area contributed by atoms with Gasteiger partial charge in [0.25, 0.3) is 0 Å². The first-order valence-corrected chi connectivity index (χ1v) is 8.43. The van der Waals surface area contributed by atoms with Gasteiger partial charge in [-0.25, -0.2) is 0 Å². The lowest BCUT2D eigenvalue weighted by Gasteiger charge is -2.31. The van der Waals surface area contributed by atoms with Gasteiger partial charge in [0.05, 0.1) is 18.8 Å². The Balaban J connectivity index is 1.45. The lowest BCUT2D eigenvalue weighted by atomic mass is 9.99. The summed E-state index contributed by atoms with van der Waals surface area (Å²) in [5.74, 6) is 3.09. The topological polar surface area (TPSA) is 56.3 Å². The van der Waals surface area contributed by atoms with Crippen molar-refractivity contribution in [3.05, 3.63) is 35.0 Å². The molecule has 2 aromatic rings. The molecule has 1 aliphatic heterocycles. The molecule has 0 aromatic carbocycles. The molecule has 2 aromatic heterocycles. The third-order valence-corrected chi connectivity index (χ3v) is 4.73. The highest BCUT2D eigenvalue weighted by Crippen LogP contribution is 2.31. The van der Waals surface area contributed by atoms with Crippen molar-refractivity contribution in [3.8, 4) is 0 Å². The average Bonchev–Trinajstić information content (AvgIpc) is 3.15. The summed E-state index contributed by atoms with van der Waals surface area (Å²) in [5, 5.41) is 8.55. The van der Waals surface area contributed by atoms with Crippen LogP contribution in [0.25, 0.3) is 0 Å². The molecule has 0 unspecified atom stereocenters. The lowest BCUT2D eigenvalue weighted by Crippen LogP contribution is -2.36. The second-order valence-electron chi connectivity index (χ2n) is 6.90. The fraction of sp³-hybridized carbons (Fsp3) is 0.647. The Morgan fingerprint density at radius 2 is 2.17 bits per heavy atom. The average molecular weight is 316 g/mol. The van der Waals surface area contributed by atoms with E-state index in [1.165, 1.54) is 18.5 Å². The molecule has 2 aliphatic rings. The molecule has 124 valence electrons. The van der Waals surface area contributed by atoms with E-state index in [-0.39, 0.29) is 0 Å². The second-order valence-corrected chi connectivity index (χ2v) is 6.90. The minimum Gasteiger partial charge on any atom is -0.465 e. The van der Waals surface area contributed by atoms with Gasteiger partial charge in [0, 0.05) is 32.7 Å². The van der Waals surface area contributed by atoms with Crippen molar-refractivity contribution in [2.24, 2.45) is 13.0 Å². The number of aryl methyl sites for hydroxylation is 2. The summed E-state index contributed by atoms with van der Waals surface area (Å²) < 4.78 is 13.6. The van der Waals surface area contributed by atoms with Crippen LogP contribution in [0.1, 0.15) is 41.7 Å². The Kier molecular flexibility index (Phi) is 3.95. The van der Waals surface area contributed by atoms with Gasteiger partial charge >= 0.3 is 0 Å². The van der Waals surface area contributed by atoms with Crippen molar-refractivity contribution < 1.29 is 9.15 Å². The quantitative estimate of drug-likeness (QED) is 0.818. The summed E-state index contributed by atoms with van der Waals surface area (Å²) in [5.41, 5.74) is 2.30. The first-order chi connectivity index (χ1) is 11.2. The van der Waals surface area contributed by atoms with E-state index >= 15 is 0 Å². The molecule has 1 saturated carbocycles. The van der Waals surface area contributed by atoms with Gasteiger partial charge in [-0.15, -0.1) is 5.10 Å². The summed E-state index contributed by atoms with van der Waals surface area (Å²) in [7, 11) is 1.98. The van der Waals surface area contributed by atoms with Crippen LogP contribution in [-0.2, 0) is 24.9 Å². The first kappa shape index (κ1) is 14.9. The van der Waals surface area contributed by atoms with E-state index in [1.54, 1.807) is 0 Å². The molecule has 0 saturated heterocycles. The van der Waals surface area contributed by atoms with Crippen LogP contribution in [0.2, 0.25) is 0 Å². The summed E-state index contributed by atoms with van der Waals surface area (Å²) in [6.45, 7) is 6.21. The maximum absolute atomic E-state index is 5.96. The number of hydrogen-bond acceptors (Lipinski definition) is 5. The molecule has 1 aliphatic carbocycles.